The van der Waals surface area contributed by atoms with Gasteiger partial charge in [-0.25, -0.2) is 0 Å². The second-order valence-electron chi connectivity index (χ2n) is 5.95. The Labute approximate surface area is 145 Å². The van der Waals surface area contributed by atoms with E-state index in [1.165, 1.54) is 0 Å². The fourth-order valence-corrected chi connectivity index (χ4v) is 2.35. The molecule has 132 valence electrons. The van der Waals surface area contributed by atoms with E-state index in [9.17, 15) is 10.1 Å². The monoisotopic (exact) mass is 332 g/mol. The van der Waals surface area contributed by atoms with Gasteiger partial charge in [-0.2, -0.15) is 5.26 Å². The molecule has 0 spiro atoms. The number of rotatable bonds is 10. The molecular formula is C19H28N2O3. The summed E-state index contributed by atoms with van der Waals surface area (Å²) in [6.07, 6.45) is 3.21. The molecule has 0 saturated carbocycles. The Bertz CT molecular complexity index is 580. The van der Waals surface area contributed by atoms with Crippen LogP contribution in [0.4, 0.5) is 5.69 Å². The van der Waals surface area contributed by atoms with Crippen molar-refractivity contribution in [2.45, 2.75) is 59.0 Å². The SMILES string of the molecule is CCCOc1ccc(NC(=O)[C@](C)(CCC)OCCC)cc1C#N. The lowest BCUT2D eigenvalue weighted by Gasteiger charge is -2.28. The number of hydrogen-bond donors (Lipinski definition) is 1. The first-order valence-corrected chi connectivity index (χ1v) is 8.63. The van der Waals surface area contributed by atoms with Crippen LogP contribution in [0.1, 0.15) is 58.9 Å². The number of carbonyl (C=O) groups excluding carboxylic acids is 1. The molecule has 0 aliphatic heterocycles. The normalized spacial score (nSPS) is 13.0. The number of anilines is 1. The van der Waals surface area contributed by atoms with Crippen LogP contribution in [-0.4, -0.2) is 24.7 Å². The van der Waals surface area contributed by atoms with Crippen LogP contribution in [-0.2, 0) is 9.53 Å². The Morgan fingerprint density at radius 1 is 1.21 bits per heavy atom. The number of benzene rings is 1. The Kier molecular flexibility index (Phi) is 8.28. The highest BCUT2D eigenvalue weighted by molar-refractivity contribution is 5.97. The predicted octanol–water partition coefficient (Wildman–Crippen LogP) is 4.27. The van der Waals surface area contributed by atoms with Gasteiger partial charge < -0.3 is 14.8 Å². The second kappa shape index (κ2) is 9.94. The van der Waals surface area contributed by atoms with E-state index in [0.29, 0.717) is 36.6 Å². The van der Waals surface area contributed by atoms with Crippen LogP contribution < -0.4 is 10.1 Å². The fraction of sp³-hybridized carbons (Fsp3) is 0.579. The van der Waals surface area contributed by atoms with Crippen LogP contribution in [0.15, 0.2) is 18.2 Å². The van der Waals surface area contributed by atoms with E-state index in [0.717, 1.165) is 19.3 Å². The molecule has 0 unspecified atom stereocenters. The smallest absolute Gasteiger partial charge is 0.256 e. The molecule has 5 heteroatoms. The predicted molar refractivity (Wildman–Crippen MR) is 95.1 cm³/mol. The third kappa shape index (κ3) is 5.54. The molecule has 1 rings (SSSR count). The lowest BCUT2D eigenvalue weighted by molar-refractivity contribution is -0.140. The minimum absolute atomic E-state index is 0.191. The molecule has 0 aliphatic carbocycles. The Morgan fingerprint density at radius 3 is 2.50 bits per heavy atom. The van der Waals surface area contributed by atoms with Crippen molar-refractivity contribution in [2.75, 3.05) is 18.5 Å². The molecule has 0 saturated heterocycles. The summed E-state index contributed by atoms with van der Waals surface area (Å²) >= 11 is 0. The van der Waals surface area contributed by atoms with Crippen LogP contribution in [0.5, 0.6) is 5.75 Å². The van der Waals surface area contributed by atoms with Crippen LogP contribution in [0.2, 0.25) is 0 Å². The Hall–Kier alpha value is -2.06. The maximum Gasteiger partial charge on any atom is 0.256 e. The van der Waals surface area contributed by atoms with Crippen molar-refractivity contribution in [1.82, 2.24) is 0 Å². The summed E-state index contributed by atoms with van der Waals surface area (Å²) < 4.78 is 11.3. The lowest BCUT2D eigenvalue weighted by Crippen LogP contribution is -2.43. The van der Waals surface area contributed by atoms with Gasteiger partial charge in [0.1, 0.15) is 17.4 Å². The highest BCUT2D eigenvalue weighted by Crippen LogP contribution is 2.25. The van der Waals surface area contributed by atoms with E-state index in [4.69, 9.17) is 9.47 Å². The third-order valence-corrected chi connectivity index (χ3v) is 3.65. The summed E-state index contributed by atoms with van der Waals surface area (Å²) in [6.45, 7) is 8.95. The molecule has 0 aromatic heterocycles. The van der Waals surface area contributed by atoms with Gasteiger partial charge in [-0.3, -0.25) is 4.79 Å². The quantitative estimate of drug-likeness (QED) is 0.694. The number of nitrogens with zero attached hydrogens (tertiary/aromatic N) is 1. The molecule has 0 radical (unpaired) electrons. The van der Waals surface area contributed by atoms with Crippen molar-refractivity contribution in [3.8, 4) is 11.8 Å². The average Bonchev–Trinajstić information content (AvgIpc) is 2.58. The van der Waals surface area contributed by atoms with Gasteiger partial charge in [0.2, 0.25) is 0 Å². The second-order valence-corrected chi connectivity index (χ2v) is 5.95. The van der Waals surface area contributed by atoms with E-state index in [1.54, 1.807) is 18.2 Å². The van der Waals surface area contributed by atoms with E-state index in [1.807, 2.05) is 27.7 Å². The number of nitrogens with one attached hydrogen (secondary N) is 1. The molecule has 1 N–H and O–H groups in total. The third-order valence-electron chi connectivity index (χ3n) is 3.65. The molecule has 0 fully saturated rings. The average molecular weight is 332 g/mol. The number of amides is 1. The summed E-state index contributed by atoms with van der Waals surface area (Å²) in [5, 5.41) is 12.1. The van der Waals surface area contributed by atoms with Crippen molar-refractivity contribution in [2.24, 2.45) is 0 Å². The molecule has 24 heavy (non-hydrogen) atoms. The van der Waals surface area contributed by atoms with E-state index in [2.05, 4.69) is 11.4 Å². The van der Waals surface area contributed by atoms with Crippen molar-refractivity contribution >= 4 is 11.6 Å². The zero-order valence-electron chi connectivity index (χ0n) is 15.1. The van der Waals surface area contributed by atoms with Gasteiger partial charge in [-0.05, 0) is 44.4 Å². The van der Waals surface area contributed by atoms with Gasteiger partial charge in [-0.1, -0.05) is 27.2 Å². The summed E-state index contributed by atoms with van der Waals surface area (Å²) in [4.78, 5) is 12.6. The standard InChI is InChI=1S/C19H28N2O3/c1-5-10-19(4,24-12-7-3)18(22)21-16-8-9-17(23-11-6-2)15(13-16)14-20/h8-9,13H,5-7,10-12H2,1-4H3,(H,21,22)/t19-/m0/s1. The molecule has 1 atom stereocenters. The minimum Gasteiger partial charge on any atom is -0.492 e. The highest BCUT2D eigenvalue weighted by Gasteiger charge is 2.33. The van der Waals surface area contributed by atoms with Crippen LogP contribution >= 0.6 is 0 Å². The first kappa shape index (κ1) is 20.0. The van der Waals surface area contributed by atoms with Gasteiger partial charge in [0.15, 0.2) is 0 Å². The number of hydrogen-bond acceptors (Lipinski definition) is 4. The topological polar surface area (TPSA) is 71.3 Å². The lowest BCUT2D eigenvalue weighted by atomic mass is 9.98. The molecule has 5 nitrogen and oxygen atoms in total. The number of ether oxygens (including phenoxy) is 2. The van der Waals surface area contributed by atoms with E-state index in [-0.39, 0.29) is 5.91 Å². The summed E-state index contributed by atoms with van der Waals surface area (Å²) in [7, 11) is 0. The van der Waals surface area contributed by atoms with Gasteiger partial charge >= 0.3 is 0 Å². The fourth-order valence-electron chi connectivity index (χ4n) is 2.35. The zero-order valence-corrected chi connectivity index (χ0v) is 15.1. The molecular weight excluding hydrogens is 304 g/mol. The molecule has 0 heterocycles. The van der Waals surface area contributed by atoms with Crippen LogP contribution in [0.25, 0.3) is 0 Å². The Balaban J connectivity index is 2.90. The number of carbonyl (C=O) groups is 1. The van der Waals surface area contributed by atoms with E-state index < -0.39 is 5.60 Å². The molecule has 0 bridgehead atoms. The maximum atomic E-state index is 12.6. The molecule has 0 aliphatic rings. The minimum atomic E-state index is -0.866. The van der Waals surface area contributed by atoms with Crippen LogP contribution in [0, 0.1) is 11.3 Å². The van der Waals surface area contributed by atoms with Crippen molar-refractivity contribution in [1.29, 1.82) is 5.26 Å². The molecule has 1 amide bonds. The summed E-state index contributed by atoms with van der Waals surface area (Å²) in [6, 6.07) is 7.20. The Morgan fingerprint density at radius 2 is 1.92 bits per heavy atom. The largest absolute Gasteiger partial charge is 0.492 e. The van der Waals surface area contributed by atoms with Gasteiger partial charge in [0.05, 0.1) is 12.2 Å². The van der Waals surface area contributed by atoms with Crippen LogP contribution in [0.3, 0.4) is 0 Å². The zero-order chi connectivity index (χ0) is 18.0. The summed E-state index contributed by atoms with van der Waals surface area (Å²) in [5.41, 5.74) is 0.116. The maximum absolute atomic E-state index is 12.6. The first-order valence-electron chi connectivity index (χ1n) is 8.63. The summed E-state index contributed by atoms with van der Waals surface area (Å²) in [5.74, 6) is 0.347. The first-order chi connectivity index (χ1) is 11.5. The number of nitriles is 1. The van der Waals surface area contributed by atoms with Crippen molar-refractivity contribution in [3.05, 3.63) is 23.8 Å². The van der Waals surface area contributed by atoms with Gasteiger partial charge in [0.25, 0.3) is 5.91 Å². The molecule has 1 aromatic rings. The van der Waals surface area contributed by atoms with Crippen molar-refractivity contribution < 1.29 is 14.3 Å². The molecule has 1 aromatic carbocycles. The van der Waals surface area contributed by atoms with E-state index >= 15 is 0 Å². The van der Waals surface area contributed by atoms with Gasteiger partial charge in [-0.15, -0.1) is 0 Å². The van der Waals surface area contributed by atoms with Gasteiger partial charge in [0, 0.05) is 12.3 Å². The van der Waals surface area contributed by atoms with Crippen molar-refractivity contribution in [3.63, 3.8) is 0 Å². The highest BCUT2D eigenvalue weighted by atomic mass is 16.5.